The van der Waals surface area contributed by atoms with E-state index >= 15 is 0 Å². The van der Waals surface area contributed by atoms with Gasteiger partial charge in [0.2, 0.25) is 0 Å². The molecule has 0 amide bonds. The Morgan fingerprint density at radius 2 is 2.09 bits per heavy atom. The van der Waals surface area contributed by atoms with Gasteiger partial charge in [0.25, 0.3) is 0 Å². The van der Waals surface area contributed by atoms with Gasteiger partial charge in [-0.05, 0) is 11.8 Å². The average Bonchev–Trinajstić information content (AvgIpc) is 2.10. The molecular weight excluding hydrogens is 138 g/mol. The smallest absolute Gasteiger partial charge is 0.0679 e. The van der Waals surface area contributed by atoms with E-state index in [1.54, 1.807) is 0 Å². The van der Waals surface area contributed by atoms with Crippen molar-refractivity contribution >= 4 is 0 Å². The van der Waals surface area contributed by atoms with Crippen LogP contribution in [-0.2, 0) is 0 Å². The molecule has 0 radical (unpaired) electrons. The molecule has 1 heterocycles. The van der Waals surface area contributed by atoms with E-state index in [-0.39, 0.29) is 6.10 Å². The Morgan fingerprint density at radius 1 is 1.45 bits per heavy atom. The zero-order valence-corrected chi connectivity index (χ0v) is 7.80. The van der Waals surface area contributed by atoms with Crippen LogP contribution in [0.5, 0.6) is 0 Å². The molecule has 0 aromatic rings. The minimum absolute atomic E-state index is 0.0719. The second kappa shape index (κ2) is 3.11. The minimum Gasteiger partial charge on any atom is -0.392 e. The fourth-order valence-electron chi connectivity index (χ4n) is 1.63. The molecule has 0 unspecified atom stereocenters. The molecule has 1 aliphatic heterocycles. The van der Waals surface area contributed by atoms with Gasteiger partial charge in [0.05, 0.1) is 6.10 Å². The largest absolute Gasteiger partial charge is 0.392 e. The Hall–Kier alpha value is -0.0800. The van der Waals surface area contributed by atoms with Crippen LogP contribution in [0.15, 0.2) is 0 Å². The topological polar surface area (TPSA) is 23.5 Å². The van der Waals surface area contributed by atoms with Crippen LogP contribution in [0.4, 0.5) is 0 Å². The van der Waals surface area contributed by atoms with E-state index in [9.17, 15) is 5.11 Å². The van der Waals surface area contributed by atoms with E-state index in [0.717, 1.165) is 26.1 Å². The molecule has 11 heavy (non-hydrogen) atoms. The number of rotatable bonds is 1. The van der Waals surface area contributed by atoms with Crippen LogP contribution in [0.3, 0.4) is 0 Å². The van der Waals surface area contributed by atoms with E-state index in [1.807, 2.05) is 0 Å². The summed E-state index contributed by atoms with van der Waals surface area (Å²) in [5, 5.41) is 9.25. The highest BCUT2D eigenvalue weighted by Crippen LogP contribution is 2.18. The van der Waals surface area contributed by atoms with Crippen LogP contribution in [0.1, 0.15) is 27.2 Å². The number of hydrogen-bond acceptors (Lipinski definition) is 2. The number of aliphatic hydroxyl groups is 1. The van der Waals surface area contributed by atoms with Gasteiger partial charge in [-0.1, -0.05) is 20.8 Å². The summed E-state index contributed by atoms with van der Waals surface area (Å²) in [6, 6.07) is 0. The fraction of sp³-hybridized carbons (Fsp3) is 1.00. The van der Waals surface area contributed by atoms with Crippen molar-refractivity contribution in [3.63, 3.8) is 0 Å². The van der Waals surface area contributed by atoms with Crippen LogP contribution >= 0.6 is 0 Å². The van der Waals surface area contributed by atoms with Gasteiger partial charge in [-0.25, -0.2) is 0 Å². The van der Waals surface area contributed by atoms with Gasteiger partial charge in [0.15, 0.2) is 0 Å². The lowest BCUT2D eigenvalue weighted by molar-refractivity contribution is 0.160. The highest BCUT2D eigenvalue weighted by Gasteiger charge is 2.23. The molecule has 1 rings (SSSR count). The van der Waals surface area contributed by atoms with Crippen molar-refractivity contribution in [2.45, 2.75) is 33.3 Å². The van der Waals surface area contributed by atoms with Crippen molar-refractivity contribution in [2.75, 3.05) is 19.6 Å². The lowest BCUT2D eigenvalue weighted by Crippen LogP contribution is -2.31. The molecule has 1 fully saturated rings. The van der Waals surface area contributed by atoms with E-state index in [0.29, 0.717) is 5.41 Å². The van der Waals surface area contributed by atoms with Crippen molar-refractivity contribution < 1.29 is 5.11 Å². The molecule has 1 saturated heterocycles. The minimum atomic E-state index is -0.0719. The summed E-state index contributed by atoms with van der Waals surface area (Å²) in [7, 11) is 0. The normalized spacial score (nSPS) is 27.8. The van der Waals surface area contributed by atoms with E-state index < -0.39 is 0 Å². The standard InChI is InChI=1S/C9H19NO/c1-9(2,3)7-10-5-4-8(11)6-10/h8,11H,4-7H2,1-3H3/t8-/m0/s1. The third-order valence-corrected chi connectivity index (χ3v) is 1.95. The highest BCUT2D eigenvalue weighted by atomic mass is 16.3. The monoisotopic (exact) mass is 157 g/mol. The van der Waals surface area contributed by atoms with Gasteiger partial charge in [-0.3, -0.25) is 0 Å². The molecular formula is C9H19NO. The lowest BCUT2D eigenvalue weighted by atomic mass is 9.96. The summed E-state index contributed by atoms with van der Waals surface area (Å²) >= 11 is 0. The summed E-state index contributed by atoms with van der Waals surface area (Å²) in [5.41, 5.74) is 0.365. The molecule has 0 saturated carbocycles. The Balaban J connectivity index is 2.29. The molecule has 1 atom stereocenters. The Morgan fingerprint density at radius 3 is 2.45 bits per heavy atom. The number of likely N-dealkylation sites (tertiary alicyclic amines) is 1. The predicted octanol–water partition coefficient (Wildman–Crippen LogP) is 1.10. The van der Waals surface area contributed by atoms with Crippen molar-refractivity contribution in [2.24, 2.45) is 5.41 Å². The summed E-state index contributed by atoms with van der Waals surface area (Å²) in [6.45, 7) is 9.74. The van der Waals surface area contributed by atoms with E-state index in [2.05, 4.69) is 25.7 Å². The number of aliphatic hydroxyl groups excluding tert-OH is 1. The van der Waals surface area contributed by atoms with Gasteiger partial charge in [-0.15, -0.1) is 0 Å². The Kier molecular flexibility index (Phi) is 2.55. The van der Waals surface area contributed by atoms with Crippen LogP contribution in [0.2, 0.25) is 0 Å². The van der Waals surface area contributed by atoms with Gasteiger partial charge in [0, 0.05) is 19.6 Å². The first-order valence-corrected chi connectivity index (χ1v) is 4.38. The van der Waals surface area contributed by atoms with Crippen molar-refractivity contribution in [3.05, 3.63) is 0 Å². The first kappa shape index (κ1) is 9.01. The summed E-state index contributed by atoms with van der Waals surface area (Å²) in [6.07, 6.45) is 0.883. The number of nitrogens with zero attached hydrogens (tertiary/aromatic N) is 1. The Labute approximate surface area is 69.2 Å². The maximum atomic E-state index is 9.25. The molecule has 1 N–H and O–H groups in total. The molecule has 0 aliphatic carbocycles. The van der Waals surface area contributed by atoms with Crippen molar-refractivity contribution in [1.29, 1.82) is 0 Å². The number of β-amino-alcohol motifs (C(OH)–C–C–N with tert-alkyl or cyclic N) is 1. The lowest BCUT2D eigenvalue weighted by Gasteiger charge is -2.25. The van der Waals surface area contributed by atoms with Gasteiger partial charge in [0.1, 0.15) is 0 Å². The van der Waals surface area contributed by atoms with E-state index in [1.165, 1.54) is 0 Å². The molecule has 0 spiro atoms. The SMILES string of the molecule is CC(C)(C)CN1CC[C@H](O)C1. The molecule has 2 nitrogen and oxygen atoms in total. The quantitative estimate of drug-likeness (QED) is 0.616. The molecule has 66 valence electrons. The van der Waals surface area contributed by atoms with Crippen LogP contribution < -0.4 is 0 Å². The maximum Gasteiger partial charge on any atom is 0.0679 e. The molecule has 2 heteroatoms. The van der Waals surface area contributed by atoms with Crippen LogP contribution in [-0.4, -0.2) is 35.7 Å². The number of hydrogen-bond donors (Lipinski definition) is 1. The summed E-state index contributed by atoms with van der Waals surface area (Å²) < 4.78 is 0. The van der Waals surface area contributed by atoms with Gasteiger partial charge < -0.3 is 10.0 Å². The maximum absolute atomic E-state index is 9.25. The fourth-order valence-corrected chi connectivity index (χ4v) is 1.63. The predicted molar refractivity (Wildman–Crippen MR) is 46.5 cm³/mol. The highest BCUT2D eigenvalue weighted by molar-refractivity contribution is 4.78. The molecule has 0 aromatic heterocycles. The summed E-state index contributed by atoms with van der Waals surface area (Å²) in [5.74, 6) is 0. The van der Waals surface area contributed by atoms with Crippen molar-refractivity contribution in [1.82, 2.24) is 4.90 Å². The first-order valence-electron chi connectivity index (χ1n) is 4.38. The van der Waals surface area contributed by atoms with Gasteiger partial charge in [-0.2, -0.15) is 0 Å². The van der Waals surface area contributed by atoms with E-state index in [4.69, 9.17) is 0 Å². The first-order chi connectivity index (χ1) is 4.97. The second-order valence-electron chi connectivity index (χ2n) is 4.74. The van der Waals surface area contributed by atoms with Crippen LogP contribution in [0, 0.1) is 5.41 Å². The zero-order valence-electron chi connectivity index (χ0n) is 7.80. The van der Waals surface area contributed by atoms with Gasteiger partial charge >= 0.3 is 0 Å². The third-order valence-electron chi connectivity index (χ3n) is 1.95. The summed E-state index contributed by atoms with van der Waals surface area (Å²) in [4.78, 5) is 2.34. The average molecular weight is 157 g/mol. The molecule has 0 bridgehead atoms. The Bertz CT molecular complexity index is 128. The molecule has 1 aliphatic rings. The second-order valence-corrected chi connectivity index (χ2v) is 4.74. The van der Waals surface area contributed by atoms with Crippen LogP contribution in [0.25, 0.3) is 0 Å². The molecule has 0 aromatic carbocycles. The van der Waals surface area contributed by atoms with Crippen molar-refractivity contribution in [3.8, 4) is 0 Å². The zero-order chi connectivity index (χ0) is 8.48. The third kappa shape index (κ3) is 3.21.